The van der Waals surface area contributed by atoms with Crippen molar-refractivity contribution in [3.8, 4) is 11.3 Å². The minimum absolute atomic E-state index is 0.179. The fraction of sp³-hybridized carbons (Fsp3) is 0.353. The fourth-order valence-electron chi connectivity index (χ4n) is 2.23. The Hall–Kier alpha value is -1.70. The van der Waals surface area contributed by atoms with E-state index in [1.54, 1.807) is 6.07 Å². The van der Waals surface area contributed by atoms with Gasteiger partial charge >= 0.3 is 0 Å². The van der Waals surface area contributed by atoms with Crippen molar-refractivity contribution < 1.29 is 4.39 Å². The standard InChI is InChI=1S/C17H20FN/c1-3-5-13-7-9-15(16(18)11-13)17-10-8-14(6-4-2)12-19-17/h7-12H,3-6H2,1-2H3. The van der Waals surface area contributed by atoms with Gasteiger partial charge in [0.25, 0.3) is 0 Å². The second-order valence-electron chi connectivity index (χ2n) is 4.87. The predicted octanol–water partition coefficient (Wildman–Crippen LogP) is 4.79. The van der Waals surface area contributed by atoms with Gasteiger partial charge in [-0.15, -0.1) is 0 Å². The van der Waals surface area contributed by atoms with Gasteiger partial charge in [-0.3, -0.25) is 4.98 Å². The third kappa shape index (κ3) is 3.40. The van der Waals surface area contributed by atoms with Crippen molar-refractivity contribution >= 4 is 0 Å². The van der Waals surface area contributed by atoms with Crippen LogP contribution in [0.15, 0.2) is 36.5 Å². The third-order valence-corrected chi connectivity index (χ3v) is 3.21. The molecule has 2 heteroatoms. The second-order valence-corrected chi connectivity index (χ2v) is 4.87. The molecule has 0 saturated heterocycles. The van der Waals surface area contributed by atoms with Crippen LogP contribution in [0.4, 0.5) is 4.39 Å². The van der Waals surface area contributed by atoms with E-state index in [0.717, 1.165) is 31.2 Å². The van der Waals surface area contributed by atoms with E-state index >= 15 is 0 Å². The lowest BCUT2D eigenvalue weighted by molar-refractivity contribution is 0.628. The molecule has 0 amide bonds. The molecule has 0 aliphatic heterocycles. The average Bonchev–Trinajstić information content (AvgIpc) is 2.41. The van der Waals surface area contributed by atoms with Crippen LogP contribution >= 0.6 is 0 Å². The van der Waals surface area contributed by atoms with Gasteiger partial charge in [-0.05, 0) is 42.2 Å². The van der Waals surface area contributed by atoms with Crippen molar-refractivity contribution in [1.82, 2.24) is 4.98 Å². The number of hydrogen-bond acceptors (Lipinski definition) is 1. The van der Waals surface area contributed by atoms with E-state index in [0.29, 0.717) is 11.3 Å². The zero-order valence-corrected chi connectivity index (χ0v) is 11.6. The summed E-state index contributed by atoms with van der Waals surface area (Å²) in [6, 6.07) is 9.39. The molecule has 0 fully saturated rings. The van der Waals surface area contributed by atoms with Gasteiger partial charge in [0.2, 0.25) is 0 Å². The molecule has 0 atom stereocenters. The highest BCUT2D eigenvalue weighted by atomic mass is 19.1. The molecule has 2 aromatic rings. The Morgan fingerprint density at radius 2 is 1.63 bits per heavy atom. The summed E-state index contributed by atoms with van der Waals surface area (Å²) < 4.78 is 14.1. The minimum Gasteiger partial charge on any atom is -0.256 e. The summed E-state index contributed by atoms with van der Waals surface area (Å²) in [7, 11) is 0. The minimum atomic E-state index is -0.179. The number of rotatable bonds is 5. The van der Waals surface area contributed by atoms with E-state index in [1.807, 2.05) is 30.5 Å². The summed E-state index contributed by atoms with van der Waals surface area (Å²) in [6.07, 6.45) is 5.91. The molecule has 0 aliphatic carbocycles. The SMILES string of the molecule is CCCc1ccc(-c2ccc(CCC)cc2F)nc1. The first kappa shape index (κ1) is 13.7. The summed E-state index contributed by atoms with van der Waals surface area (Å²) in [4.78, 5) is 4.36. The van der Waals surface area contributed by atoms with Crippen LogP contribution in [0.2, 0.25) is 0 Å². The van der Waals surface area contributed by atoms with Gasteiger partial charge < -0.3 is 0 Å². The van der Waals surface area contributed by atoms with Gasteiger partial charge in [-0.25, -0.2) is 4.39 Å². The average molecular weight is 257 g/mol. The first-order chi connectivity index (χ1) is 9.24. The lowest BCUT2D eigenvalue weighted by Crippen LogP contribution is -1.92. The zero-order valence-electron chi connectivity index (χ0n) is 11.6. The van der Waals surface area contributed by atoms with E-state index in [9.17, 15) is 4.39 Å². The van der Waals surface area contributed by atoms with Crippen molar-refractivity contribution in [1.29, 1.82) is 0 Å². The Balaban J connectivity index is 2.25. The summed E-state index contributed by atoms with van der Waals surface area (Å²) in [5, 5.41) is 0. The Morgan fingerprint density at radius 1 is 0.947 bits per heavy atom. The summed E-state index contributed by atoms with van der Waals surface area (Å²) in [5.74, 6) is -0.179. The maximum Gasteiger partial charge on any atom is 0.132 e. The van der Waals surface area contributed by atoms with Crippen molar-refractivity contribution in [3.05, 3.63) is 53.5 Å². The number of aromatic nitrogens is 1. The molecule has 1 nitrogen and oxygen atoms in total. The van der Waals surface area contributed by atoms with E-state index in [2.05, 4.69) is 18.8 Å². The van der Waals surface area contributed by atoms with Crippen molar-refractivity contribution in [2.45, 2.75) is 39.5 Å². The normalized spacial score (nSPS) is 10.7. The smallest absolute Gasteiger partial charge is 0.132 e. The largest absolute Gasteiger partial charge is 0.256 e. The molecule has 0 unspecified atom stereocenters. The maximum atomic E-state index is 14.1. The molecular formula is C17H20FN. The topological polar surface area (TPSA) is 12.9 Å². The molecule has 0 bridgehead atoms. The number of benzene rings is 1. The number of hydrogen-bond donors (Lipinski definition) is 0. The van der Waals surface area contributed by atoms with Crippen molar-refractivity contribution in [2.24, 2.45) is 0 Å². The van der Waals surface area contributed by atoms with Gasteiger partial charge in [-0.1, -0.05) is 38.8 Å². The predicted molar refractivity (Wildman–Crippen MR) is 77.6 cm³/mol. The molecule has 19 heavy (non-hydrogen) atoms. The van der Waals surface area contributed by atoms with Crippen LogP contribution in [0.5, 0.6) is 0 Å². The van der Waals surface area contributed by atoms with Crippen LogP contribution in [0, 0.1) is 5.82 Å². The summed E-state index contributed by atoms with van der Waals surface area (Å²) in [5.41, 5.74) is 3.55. The van der Waals surface area contributed by atoms with E-state index in [4.69, 9.17) is 0 Å². The number of aryl methyl sites for hydroxylation is 2. The first-order valence-corrected chi connectivity index (χ1v) is 6.98. The summed E-state index contributed by atoms with van der Waals surface area (Å²) >= 11 is 0. The molecule has 0 spiro atoms. The van der Waals surface area contributed by atoms with Gasteiger partial charge in [0, 0.05) is 11.8 Å². The maximum absolute atomic E-state index is 14.1. The van der Waals surface area contributed by atoms with E-state index in [-0.39, 0.29) is 5.82 Å². The molecule has 100 valence electrons. The second kappa shape index (κ2) is 6.46. The van der Waals surface area contributed by atoms with E-state index < -0.39 is 0 Å². The molecule has 0 N–H and O–H groups in total. The van der Waals surface area contributed by atoms with Crippen LogP contribution in [0.1, 0.15) is 37.8 Å². The quantitative estimate of drug-likeness (QED) is 0.750. The van der Waals surface area contributed by atoms with Crippen LogP contribution in [-0.2, 0) is 12.8 Å². The molecule has 2 rings (SSSR count). The van der Waals surface area contributed by atoms with Crippen molar-refractivity contribution in [3.63, 3.8) is 0 Å². The molecule has 1 aromatic heterocycles. The van der Waals surface area contributed by atoms with Gasteiger partial charge in [0.1, 0.15) is 5.82 Å². The highest BCUT2D eigenvalue weighted by Gasteiger charge is 2.07. The molecular weight excluding hydrogens is 237 g/mol. The van der Waals surface area contributed by atoms with Gasteiger partial charge in [0.15, 0.2) is 0 Å². The Morgan fingerprint density at radius 3 is 2.21 bits per heavy atom. The fourth-order valence-corrected chi connectivity index (χ4v) is 2.23. The number of nitrogens with zero attached hydrogens (tertiary/aromatic N) is 1. The highest BCUT2D eigenvalue weighted by molar-refractivity contribution is 5.60. The number of halogens is 1. The lowest BCUT2D eigenvalue weighted by Gasteiger charge is -2.06. The first-order valence-electron chi connectivity index (χ1n) is 6.98. The molecule has 0 aliphatic rings. The highest BCUT2D eigenvalue weighted by Crippen LogP contribution is 2.22. The van der Waals surface area contributed by atoms with Crippen LogP contribution in [0.25, 0.3) is 11.3 Å². The molecule has 0 radical (unpaired) electrons. The van der Waals surface area contributed by atoms with Gasteiger partial charge in [-0.2, -0.15) is 0 Å². The Labute approximate surface area is 114 Å². The Bertz CT molecular complexity index is 531. The van der Waals surface area contributed by atoms with E-state index in [1.165, 1.54) is 5.56 Å². The molecule has 1 aromatic carbocycles. The zero-order chi connectivity index (χ0) is 13.7. The Kier molecular flexibility index (Phi) is 4.67. The monoisotopic (exact) mass is 257 g/mol. The van der Waals surface area contributed by atoms with Crippen LogP contribution < -0.4 is 0 Å². The van der Waals surface area contributed by atoms with Crippen molar-refractivity contribution in [2.75, 3.05) is 0 Å². The lowest BCUT2D eigenvalue weighted by atomic mass is 10.0. The van der Waals surface area contributed by atoms with Gasteiger partial charge in [0.05, 0.1) is 5.69 Å². The number of pyridine rings is 1. The third-order valence-electron chi connectivity index (χ3n) is 3.21. The molecule has 0 saturated carbocycles. The molecule has 1 heterocycles. The van der Waals surface area contributed by atoms with Crippen LogP contribution in [-0.4, -0.2) is 4.98 Å². The summed E-state index contributed by atoms with van der Waals surface area (Å²) in [6.45, 7) is 4.24. The van der Waals surface area contributed by atoms with Crippen LogP contribution in [0.3, 0.4) is 0 Å².